The normalized spacial score (nSPS) is 10.3. The third kappa shape index (κ3) is 2.87. The van der Waals surface area contributed by atoms with Gasteiger partial charge in [0.2, 0.25) is 0 Å². The van der Waals surface area contributed by atoms with Crippen molar-refractivity contribution in [3.8, 4) is 0 Å². The quantitative estimate of drug-likeness (QED) is 0.832. The van der Waals surface area contributed by atoms with Crippen LogP contribution in [0.4, 0.5) is 14.5 Å². The molecule has 0 aliphatic heterocycles. The molecule has 0 unspecified atom stereocenters. The lowest BCUT2D eigenvalue weighted by molar-refractivity contribution is 0.0595. The number of H-pyrrole nitrogens is 1. The van der Waals surface area contributed by atoms with Crippen molar-refractivity contribution in [2.24, 2.45) is 0 Å². The number of anilines is 1. The molecule has 0 saturated heterocycles. The van der Waals surface area contributed by atoms with E-state index in [1.807, 2.05) is 0 Å². The zero-order valence-corrected chi connectivity index (χ0v) is 10.0. The Labute approximate surface area is 107 Å². The highest BCUT2D eigenvalue weighted by Gasteiger charge is 2.16. The number of methoxy groups -OCH3 is 1. The van der Waals surface area contributed by atoms with Crippen LogP contribution >= 0.6 is 0 Å². The Morgan fingerprint density at radius 2 is 2.21 bits per heavy atom. The van der Waals surface area contributed by atoms with Crippen LogP contribution in [-0.2, 0) is 11.3 Å². The number of nitrogens with one attached hydrogen (secondary N) is 2. The maximum absolute atomic E-state index is 13.5. The fourth-order valence-electron chi connectivity index (χ4n) is 1.52. The lowest BCUT2D eigenvalue weighted by Crippen LogP contribution is -2.08. The zero-order valence-electron chi connectivity index (χ0n) is 10.0. The van der Waals surface area contributed by atoms with E-state index in [0.29, 0.717) is 6.07 Å². The summed E-state index contributed by atoms with van der Waals surface area (Å²) in [6, 6.07) is 1.72. The summed E-state index contributed by atoms with van der Waals surface area (Å²) in [4.78, 5) is 17.9. The Hall–Kier alpha value is -2.44. The number of aromatic amines is 1. The molecule has 1 aromatic heterocycles. The van der Waals surface area contributed by atoms with E-state index >= 15 is 0 Å². The molecule has 0 aliphatic rings. The molecule has 0 bridgehead atoms. The van der Waals surface area contributed by atoms with Gasteiger partial charge in [0.05, 0.1) is 36.9 Å². The Morgan fingerprint density at radius 1 is 1.42 bits per heavy atom. The third-order valence-electron chi connectivity index (χ3n) is 2.49. The first-order chi connectivity index (χ1) is 9.11. The molecule has 2 aromatic rings. The van der Waals surface area contributed by atoms with Crippen molar-refractivity contribution in [2.45, 2.75) is 6.54 Å². The van der Waals surface area contributed by atoms with E-state index in [0.717, 1.165) is 18.9 Å². The summed E-state index contributed by atoms with van der Waals surface area (Å²) in [7, 11) is 1.13. The number of carbonyl (C=O) groups excluding carboxylic acids is 1. The van der Waals surface area contributed by atoms with Crippen LogP contribution in [0.25, 0.3) is 0 Å². The molecule has 0 fully saturated rings. The summed E-state index contributed by atoms with van der Waals surface area (Å²) >= 11 is 0. The van der Waals surface area contributed by atoms with Gasteiger partial charge in [-0.25, -0.2) is 18.6 Å². The molecule has 0 radical (unpaired) electrons. The predicted molar refractivity (Wildman–Crippen MR) is 63.6 cm³/mol. The molecule has 1 heterocycles. The van der Waals surface area contributed by atoms with Gasteiger partial charge in [0, 0.05) is 12.3 Å². The number of carbonyl (C=O) groups is 1. The van der Waals surface area contributed by atoms with Crippen molar-refractivity contribution < 1.29 is 18.3 Å². The molecule has 19 heavy (non-hydrogen) atoms. The lowest BCUT2D eigenvalue weighted by Gasteiger charge is -2.09. The van der Waals surface area contributed by atoms with Crippen molar-refractivity contribution >= 4 is 11.7 Å². The summed E-state index contributed by atoms with van der Waals surface area (Å²) in [5.41, 5.74) is 0.413. The number of ether oxygens (including phenoxy) is 1. The van der Waals surface area contributed by atoms with Crippen LogP contribution in [0.3, 0.4) is 0 Å². The van der Waals surface area contributed by atoms with Crippen LogP contribution in [0.2, 0.25) is 0 Å². The van der Waals surface area contributed by atoms with Gasteiger partial charge in [-0.15, -0.1) is 0 Å². The molecule has 0 saturated carbocycles. The van der Waals surface area contributed by atoms with E-state index < -0.39 is 17.6 Å². The van der Waals surface area contributed by atoms with E-state index in [1.165, 1.54) is 6.33 Å². The summed E-state index contributed by atoms with van der Waals surface area (Å²) in [5.74, 6) is -2.61. The Morgan fingerprint density at radius 3 is 2.84 bits per heavy atom. The maximum Gasteiger partial charge on any atom is 0.340 e. The summed E-state index contributed by atoms with van der Waals surface area (Å²) in [6.07, 6.45) is 3.05. The Bertz CT molecular complexity index is 585. The lowest BCUT2D eigenvalue weighted by atomic mass is 10.1. The highest BCUT2D eigenvalue weighted by atomic mass is 19.1. The summed E-state index contributed by atoms with van der Waals surface area (Å²) < 4.78 is 31.4. The second-order valence-corrected chi connectivity index (χ2v) is 3.73. The van der Waals surface area contributed by atoms with Gasteiger partial charge in [0.25, 0.3) is 0 Å². The largest absolute Gasteiger partial charge is 0.465 e. The van der Waals surface area contributed by atoms with Crippen LogP contribution in [-0.4, -0.2) is 23.0 Å². The minimum Gasteiger partial charge on any atom is -0.465 e. The Balaban J connectivity index is 2.22. The van der Waals surface area contributed by atoms with Crippen LogP contribution in [0.15, 0.2) is 24.7 Å². The van der Waals surface area contributed by atoms with Gasteiger partial charge in [0.1, 0.15) is 11.6 Å². The predicted octanol–water partition coefficient (Wildman–Crippen LogP) is 2.09. The van der Waals surface area contributed by atoms with Gasteiger partial charge in [0.15, 0.2) is 0 Å². The molecule has 0 spiro atoms. The first kappa shape index (κ1) is 13.0. The smallest absolute Gasteiger partial charge is 0.340 e. The third-order valence-corrected chi connectivity index (χ3v) is 2.49. The van der Waals surface area contributed by atoms with Gasteiger partial charge in [-0.05, 0) is 6.07 Å². The monoisotopic (exact) mass is 267 g/mol. The molecule has 2 N–H and O–H groups in total. The second kappa shape index (κ2) is 5.47. The van der Waals surface area contributed by atoms with E-state index in [1.54, 1.807) is 6.20 Å². The first-order valence-electron chi connectivity index (χ1n) is 5.40. The highest BCUT2D eigenvalue weighted by Crippen LogP contribution is 2.20. The second-order valence-electron chi connectivity index (χ2n) is 3.73. The van der Waals surface area contributed by atoms with Gasteiger partial charge >= 0.3 is 5.97 Å². The van der Waals surface area contributed by atoms with Gasteiger partial charge < -0.3 is 15.0 Å². The fraction of sp³-hybridized carbons (Fsp3) is 0.167. The molecule has 0 atom stereocenters. The standard InChI is InChI=1S/C12H11F2N3O2/c1-19-12(18)8-2-11(10(14)3-9(8)13)16-5-7-4-15-6-17-7/h2-4,6,16H,5H2,1H3,(H,15,17). The van der Waals surface area contributed by atoms with Gasteiger partial charge in [-0.3, -0.25) is 0 Å². The van der Waals surface area contributed by atoms with Gasteiger partial charge in [-0.1, -0.05) is 0 Å². The molecule has 0 aliphatic carbocycles. The summed E-state index contributed by atoms with van der Waals surface area (Å²) in [5, 5.41) is 2.74. The van der Waals surface area contributed by atoms with Crippen molar-refractivity contribution in [3.63, 3.8) is 0 Å². The number of aromatic nitrogens is 2. The van der Waals surface area contributed by atoms with Crippen molar-refractivity contribution in [1.82, 2.24) is 9.97 Å². The summed E-state index contributed by atoms with van der Waals surface area (Å²) in [6.45, 7) is 0.267. The van der Waals surface area contributed by atoms with E-state index in [9.17, 15) is 13.6 Å². The average Bonchev–Trinajstić information content (AvgIpc) is 2.90. The number of halogens is 2. The zero-order chi connectivity index (χ0) is 13.8. The highest BCUT2D eigenvalue weighted by molar-refractivity contribution is 5.90. The number of hydrogen-bond acceptors (Lipinski definition) is 4. The number of hydrogen-bond donors (Lipinski definition) is 2. The maximum atomic E-state index is 13.5. The molecule has 0 amide bonds. The van der Waals surface area contributed by atoms with E-state index in [-0.39, 0.29) is 17.8 Å². The van der Waals surface area contributed by atoms with E-state index in [2.05, 4.69) is 20.0 Å². The van der Waals surface area contributed by atoms with Crippen LogP contribution in [0.5, 0.6) is 0 Å². The average molecular weight is 267 g/mol. The first-order valence-corrected chi connectivity index (χ1v) is 5.40. The number of nitrogens with zero attached hydrogens (tertiary/aromatic N) is 1. The van der Waals surface area contributed by atoms with Crippen LogP contribution in [0.1, 0.15) is 16.1 Å². The SMILES string of the molecule is COC(=O)c1cc(NCc2cnc[nH]2)c(F)cc1F. The molecule has 100 valence electrons. The van der Waals surface area contributed by atoms with Gasteiger partial charge in [-0.2, -0.15) is 0 Å². The fourth-order valence-corrected chi connectivity index (χ4v) is 1.52. The number of benzene rings is 1. The van der Waals surface area contributed by atoms with Crippen molar-refractivity contribution in [1.29, 1.82) is 0 Å². The Kier molecular flexibility index (Phi) is 3.74. The minimum absolute atomic E-state index is 0.0106. The topological polar surface area (TPSA) is 67.0 Å². The molecular weight excluding hydrogens is 256 g/mol. The minimum atomic E-state index is -0.962. The molecular formula is C12H11F2N3O2. The van der Waals surface area contributed by atoms with E-state index in [4.69, 9.17) is 0 Å². The number of esters is 1. The molecule has 5 nitrogen and oxygen atoms in total. The van der Waals surface area contributed by atoms with Crippen molar-refractivity contribution in [2.75, 3.05) is 12.4 Å². The molecule has 2 rings (SSSR count). The van der Waals surface area contributed by atoms with Crippen molar-refractivity contribution in [3.05, 3.63) is 47.5 Å². The molecule has 1 aromatic carbocycles. The molecule has 7 heteroatoms. The number of imidazole rings is 1. The van der Waals surface area contributed by atoms with Crippen LogP contribution < -0.4 is 5.32 Å². The number of rotatable bonds is 4. The van der Waals surface area contributed by atoms with Crippen LogP contribution in [0, 0.1) is 11.6 Å².